The van der Waals surface area contributed by atoms with Gasteiger partial charge >= 0.3 is 5.97 Å². The van der Waals surface area contributed by atoms with Crippen LogP contribution in [0.1, 0.15) is 13.8 Å². The summed E-state index contributed by atoms with van der Waals surface area (Å²) in [5, 5.41) is 0. The molecule has 0 fully saturated rings. The molecule has 1 aromatic heterocycles. The molecule has 1 aromatic rings. The molecule has 0 aliphatic carbocycles. The molecule has 1 heterocycles. The number of nitrogens with zero attached hydrogens (tertiary/aromatic N) is 1. The van der Waals surface area contributed by atoms with Crippen LogP contribution in [0.2, 0.25) is 0 Å². The smallest absolute Gasteiger partial charge is 0.347 e. The van der Waals surface area contributed by atoms with Gasteiger partial charge in [-0.2, -0.15) is 0 Å². The van der Waals surface area contributed by atoms with E-state index < -0.39 is 6.10 Å². The van der Waals surface area contributed by atoms with Crippen LogP contribution in [0.5, 0.6) is 5.88 Å². The van der Waals surface area contributed by atoms with Crippen molar-refractivity contribution in [3.8, 4) is 5.88 Å². The summed E-state index contributed by atoms with van der Waals surface area (Å²) < 4.78 is 10.9. The fourth-order valence-corrected chi connectivity index (χ4v) is 1.16. The number of ether oxygens (including phenoxy) is 2. The lowest BCUT2D eigenvalue weighted by Gasteiger charge is -2.12. The monoisotopic (exact) mass is 273 g/mol. The first kappa shape index (κ1) is 12.0. The summed E-state index contributed by atoms with van der Waals surface area (Å²) in [5.74, 6) is 0.0148. The number of pyridine rings is 1. The standard InChI is InChI=1S/C10H12BrNO3/c1-3-14-10(13)7(2)15-9-5-4-8(11)6-12-9/h4-7H,3H2,1-2H3. The van der Waals surface area contributed by atoms with Gasteiger partial charge < -0.3 is 9.47 Å². The van der Waals surface area contributed by atoms with E-state index in [0.717, 1.165) is 4.47 Å². The summed E-state index contributed by atoms with van der Waals surface area (Å²) in [6, 6.07) is 3.47. The maximum absolute atomic E-state index is 11.2. The van der Waals surface area contributed by atoms with Gasteiger partial charge in [0.05, 0.1) is 6.61 Å². The quantitative estimate of drug-likeness (QED) is 0.789. The van der Waals surface area contributed by atoms with Crippen molar-refractivity contribution in [3.63, 3.8) is 0 Å². The Hall–Kier alpha value is -1.10. The van der Waals surface area contributed by atoms with E-state index in [2.05, 4.69) is 20.9 Å². The van der Waals surface area contributed by atoms with Crippen molar-refractivity contribution in [3.05, 3.63) is 22.8 Å². The van der Waals surface area contributed by atoms with E-state index >= 15 is 0 Å². The van der Waals surface area contributed by atoms with E-state index in [4.69, 9.17) is 9.47 Å². The predicted molar refractivity (Wildman–Crippen MR) is 58.7 cm³/mol. The molecule has 0 N–H and O–H groups in total. The average Bonchev–Trinajstić information content (AvgIpc) is 2.22. The highest BCUT2D eigenvalue weighted by molar-refractivity contribution is 9.10. The van der Waals surface area contributed by atoms with Crippen molar-refractivity contribution in [2.75, 3.05) is 6.61 Å². The Kier molecular flexibility index (Phi) is 4.55. The van der Waals surface area contributed by atoms with Gasteiger partial charge in [-0.3, -0.25) is 0 Å². The van der Waals surface area contributed by atoms with Crippen LogP contribution in [0.3, 0.4) is 0 Å². The summed E-state index contributed by atoms with van der Waals surface area (Å²) in [4.78, 5) is 15.2. The molecule has 4 nitrogen and oxygen atoms in total. The molecule has 0 spiro atoms. The summed E-state index contributed by atoms with van der Waals surface area (Å²) in [5.41, 5.74) is 0. The molecule has 0 radical (unpaired) electrons. The van der Waals surface area contributed by atoms with Gasteiger partial charge in [0.2, 0.25) is 5.88 Å². The second kappa shape index (κ2) is 5.70. The summed E-state index contributed by atoms with van der Waals surface area (Å²) >= 11 is 3.26. The van der Waals surface area contributed by atoms with Gasteiger partial charge in [-0.15, -0.1) is 0 Å². The largest absolute Gasteiger partial charge is 0.463 e. The molecule has 1 unspecified atom stereocenters. The first-order chi connectivity index (χ1) is 7.13. The zero-order chi connectivity index (χ0) is 11.3. The highest BCUT2D eigenvalue weighted by Gasteiger charge is 2.15. The molecule has 0 saturated carbocycles. The molecular weight excluding hydrogens is 262 g/mol. The number of hydrogen-bond donors (Lipinski definition) is 0. The third-order valence-corrected chi connectivity index (χ3v) is 2.09. The van der Waals surface area contributed by atoms with Gasteiger partial charge in [-0.1, -0.05) is 0 Å². The van der Waals surface area contributed by atoms with Crippen LogP contribution in [0, 0.1) is 0 Å². The highest BCUT2D eigenvalue weighted by atomic mass is 79.9. The van der Waals surface area contributed by atoms with Gasteiger partial charge in [0.15, 0.2) is 6.10 Å². The number of aromatic nitrogens is 1. The minimum absolute atomic E-state index is 0.348. The topological polar surface area (TPSA) is 48.4 Å². The van der Waals surface area contributed by atoms with Crippen molar-refractivity contribution >= 4 is 21.9 Å². The van der Waals surface area contributed by atoms with Crippen molar-refractivity contribution in [2.45, 2.75) is 20.0 Å². The Morgan fingerprint density at radius 1 is 1.60 bits per heavy atom. The molecule has 5 heteroatoms. The molecule has 0 aliphatic rings. The van der Waals surface area contributed by atoms with E-state index in [1.54, 1.807) is 32.2 Å². The lowest BCUT2D eigenvalue weighted by atomic mass is 10.4. The van der Waals surface area contributed by atoms with Crippen LogP contribution in [0.25, 0.3) is 0 Å². The number of hydrogen-bond acceptors (Lipinski definition) is 4. The lowest BCUT2D eigenvalue weighted by molar-refractivity contribution is -0.150. The molecule has 0 aromatic carbocycles. The molecule has 0 saturated heterocycles. The molecule has 0 amide bonds. The summed E-state index contributed by atoms with van der Waals surface area (Å²) in [6.07, 6.45) is 0.964. The maximum Gasteiger partial charge on any atom is 0.347 e. The highest BCUT2D eigenvalue weighted by Crippen LogP contribution is 2.13. The first-order valence-electron chi connectivity index (χ1n) is 4.58. The second-order valence-corrected chi connectivity index (χ2v) is 3.74. The lowest BCUT2D eigenvalue weighted by Crippen LogP contribution is -2.26. The SMILES string of the molecule is CCOC(=O)C(C)Oc1ccc(Br)cn1. The second-order valence-electron chi connectivity index (χ2n) is 2.83. The van der Waals surface area contributed by atoms with Crippen molar-refractivity contribution in [2.24, 2.45) is 0 Å². The number of rotatable bonds is 4. The van der Waals surface area contributed by atoms with Crippen LogP contribution in [-0.4, -0.2) is 23.7 Å². The molecule has 0 aliphatic heterocycles. The van der Waals surface area contributed by atoms with Gasteiger partial charge in [0.25, 0.3) is 0 Å². The molecule has 1 atom stereocenters. The summed E-state index contributed by atoms with van der Waals surface area (Å²) in [7, 11) is 0. The third-order valence-electron chi connectivity index (χ3n) is 1.62. The Labute approximate surface area is 96.7 Å². The van der Waals surface area contributed by atoms with E-state index in [9.17, 15) is 4.79 Å². The Balaban J connectivity index is 2.54. The average molecular weight is 274 g/mol. The van der Waals surface area contributed by atoms with Crippen molar-refractivity contribution in [1.29, 1.82) is 0 Å². The summed E-state index contributed by atoms with van der Waals surface area (Å²) in [6.45, 7) is 3.73. The Bertz CT molecular complexity index is 326. The fourth-order valence-electron chi connectivity index (χ4n) is 0.921. The van der Waals surface area contributed by atoms with Gasteiger partial charge in [-0.25, -0.2) is 9.78 Å². The Morgan fingerprint density at radius 2 is 2.33 bits per heavy atom. The molecular formula is C10H12BrNO3. The molecule has 0 bridgehead atoms. The van der Waals surface area contributed by atoms with Crippen LogP contribution >= 0.6 is 15.9 Å². The van der Waals surface area contributed by atoms with Gasteiger partial charge in [0.1, 0.15) is 0 Å². The van der Waals surface area contributed by atoms with Crippen molar-refractivity contribution in [1.82, 2.24) is 4.98 Å². The normalized spacial score (nSPS) is 11.9. The maximum atomic E-state index is 11.2. The zero-order valence-electron chi connectivity index (χ0n) is 8.57. The van der Waals surface area contributed by atoms with E-state index in [-0.39, 0.29) is 5.97 Å². The first-order valence-corrected chi connectivity index (χ1v) is 5.37. The number of halogens is 1. The van der Waals surface area contributed by atoms with E-state index in [1.165, 1.54) is 0 Å². The number of esters is 1. The van der Waals surface area contributed by atoms with Crippen molar-refractivity contribution < 1.29 is 14.3 Å². The van der Waals surface area contributed by atoms with E-state index in [0.29, 0.717) is 12.5 Å². The molecule has 82 valence electrons. The van der Waals surface area contributed by atoms with Crippen LogP contribution < -0.4 is 4.74 Å². The number of carbonyl (C=O) groups is 1. The number of carbonyl (C=O) groups excluding carboxylic acids is 1. The van der Waals surface area contributed by atoms with Gasteiger partial charge in [-0.05, 0) is 35.8 Å². The third kappa shape index (κ3) is 3.87. The minimum Gasteiger partial charge on any atom is -0.463 e. The van der Waals surface area contributed by atoms with Crippen LogP contribution in [0.4, 0.5) is 0 Å². The van der Waals surface area contributed by atoms with E-state index in [1.807, 2.05) is 0 Å². The predicted octanol–water partition coefficient (Wildman–Crippen LogP) is 2.17. The molecule has 15 heavy (non-hydrogen) atoms. The zero-order valence-corrected chi connectivity index (χ0v) is 10.2. The van der Waals surface area contributed by atoms with Crippen LogP contribution in [0.15, 0.2) is 22.8 Å². The van der Waals surface area contributed by atoms with Crippen LogP contribution in [-0.2, 0) is 9.53 Å². The minimum atomic E-state index is -0.640. The fraction of sp³-hybridized carbons (Fsp3) is 0.400. The van der Waals surface area contributed by atoms with Gasteiger partial charge in [0, 0.05) is 16.7 Å². The molecule has 1 rings (SSSR count). The Morgan fingerprint density at radius 3 is 2.87 bits per heavy atom.